The van der Waals surface area contributed by atoms with Crippen molar-refractivity contribution in [1.29, 1.82) is 0 Å². The number of sulfonamides is 1. The monoisotopic (exact) mass is 383 g/mol. The Balaban J connectivity index is 2.12. The first-order chi connectivity index (χ1) is 12.2. The minimum atomic E-state index is -3.81. The molecule has 0 bridgehead atoms. The molecule has 0 aromatic heterocycles. The largest absolute Gasteiger partial charge is 0.463 e. The summed E-state index contributed by atoms with van der Waals surface area (Å²) in [6, 6.07) is 6.35. The molecular weight excluding hydrogens is 362 g/mol. The number of rotatable bonds is 6. The van der Waals surface area contributed by atoms with Crippen molar-refractivity contribution < 1.29 is 32.2 Å². The molecule has 9 heteroatoms. The highest BCUT2D eigenvalue weighted by molar-refractivity contribution is 7.89. The molecule has 2 rings (SSSR count). The molecule has 0 radical (unpaired) electrons. The number of benzene rings is 1. The smallest absolute Gasteiger partial charge is 0.303 e. The predicted octanol–water partition coefficient (Wildman–Crippen LogP) is 1.05. The summed E-state index contributed by atoms with van der Waals surface area (Å²) in [5, 5.41) is 0. The number of hydrogen-bond acceptors (Lipinski definition) is 7. The molecule has 1 N–H and O–H groups in total. The third kappa shape index (κ3) is 5.65. The molecule has 0 unspecified atom stereocenters. The van der Waals surface area contributed by atoms with E-state index >= 15 is 0 Å². The molecule has 0 saturated heterocycles. The Bertz CT molecular complexity index is 786. The summed E-state index contributed by atoms with van der Waals surface area (Å²) in [6.07, 6.45) is 0.324. The number of aryl methyl sites for hydroxylation is 1. The van der Waals surface area contributed by atoms with Gasteiger partial charge in [-0.1, -0.05) is 17.7 Å². The van der Waals surface area contributed by atoms with Crippen molar-refractivity contribution in [3.8, 4) is 0 Å². The fourth-order valence-electron chi connectivity index (χ4n) is 2.29. The van der Waals surface area contributed by atoms with Crippen LogP contribution in [0.1, 0.15) is 19.4 Å². The molecule has 8 nitrogen and oxygen atoms in total. The molecule has 1 aliphatic rings. The molecule has 0 aliphatic carbocycles. The van der Waals surface area contributed by atoms with Crippen LogP contribution in [-0.4, -0.2) is 45.4 Å². The highest BCUT2D eigenvalue weighted by Gasteiger charge is 2.32. The molecule has 0 fully saturated rings. The van der Waals surface area contributed by atoms with Crippen LogP contribution in [0.2, 0.25) is 0 Å². The van der Waals surface area contributed by atoms with Crippen LogP contribution in [0.3, 0.4) is 0 Å². The number of ether oxygens (including phenoxy) is 3. The second kappa shape index (κ2) is 8.43. The molecule has 1 heterocycles. The quantitative estimate of drug-likeness (QED) is 0.578. The zero-order valence-electron chi connectivity index (χ0n) is 14.7. The van der Waals surface area contributed by atoms with Gasteiger partial charge in [0.1, 0.15) is 25.0 Å². The summed E-state index contributed by atoms with van der Waals surface area (Å²) in [7, 11) is -3.81. The van der Waals surface area contributed by atoms with Crippen LogP contribution < -0.4 is 4.72 Å². The van der Waals surface area contributed by atoms with E-state index in [2.05, 4.69) is 4.72 Å². The van der Waals surface area contributed by atoms with Gasteiger partial charge in [-0.25, -0.2) is 8.42 Å². The third-order valence-corrected chi connectivity index (χ3v) is 4.95. The topological polar surface area (TPSA) is 108 Å². The fourth-order valence-corrected chi connectivity index (χ4v) is 3.36. The number of esters is 2. The second-order valence-corrected chi connectivity index (χ2v) is 7.50. The Labute approximate surface area is 152 Å². The second-order valence-electron chi connectivity index (χ2n) is 5.79. The Morgan fingerprint density at radius 1 is 1.12 bits per heavy atom. The zero-order valence-corrected chi connectivity index (χ0v) is 15.5. The summed E-state index contributed by atoms with van der Waals surface area (Å²) in [5.74, 6) is -1.06. The molecule has 1 aliphatic heterocycles. The maximum atomic E-state index is 12.4. The van der Waals surface area contributed by atoms with E-state index in [9.17, 15) is 18.0 Å². The molecule has 0 amide bonds. The lowest BCUT2D eigenvalue weighted by atomic mass is 10.1. The minimum Gasteiger partial charge on any atom is -0.463 e. The Kier molecular flexibility index (Phi) is 6.52. The van der Waals surface area contributed by atoms with Gasteiger partial charge < -0.3 is 14.2 Å². The normalized spacial score (nSPS) is 22.7. The van der Waals surface area contributed by atoms with E-state index in [1.165, 1.54) is 38.1 Å². The van der Waals surface area contributed by atoms with Crippen molar-refractivity contribution >= 4 is 22.0 Å². The van der Waals surface area contributed by atoms with Crippen LogP contribution >= 0.6 is 0 Å². The van der Waals surface area contributed by atoms with Gasteiger partial charge in [0, 0.05) is 13.8 Å². The van der Waals surface area contributed by atoms with Crippen molar-refractivity contribution in [2.45, 2.75) is 44.1 Å². The van der Waals surface area contributed by atoms with Crippen LogP contribution in [0.15, 0.2) is 41.3 Å². The van der Waals surface area contributed by atoms with E-state index in [1.807, 2.05) is 6.92 Å². The lowest BCUT2D eigenvalue weighted by Gasteiger charge is -2.31. The maximum absolute atomic E-state index is 12.4. The van der Waals surface area contributed by atoms with E-state index < -0.39 is 40.4 Å². The summed E-state index contributed by atoms with van der Waals surface area (Å²) in [6.45, 7) is 4.14. The Hall–Kier alpha value is -2.23. The average Bonchev–Trinajstić information content (AvgIpc) is 2.54. The van der Waals surface area contributed by atoms with Gasteiger partial charge in [-0.3, -0.25) is 9.59 Å². The summed E-state index contributed by atoms with van der Waals surface area (Å²) in [5.41, 5.74) is 0.934. The van der Waals surface area contributed by atoms with Gasteiger partial charge in [-0.05, 0) is 31.2 Å². The number of carbonyl (C=O) groups is 2. The van der Waals surface area contributed by atoms with Crippen LogP contribution in [0.5, 0.6) is 0 Å². The summed E-state index contributed by atoms with van der Waals surface area (Å²) < 4.78 is 42.9. The Morgan fingerprint density at radius 3 is 2.35 bits per heavy atom. The van der Waals surface area contributed by atoms with Crippen molar-refractivity contribution in [3.05, 3.63) is 42.0 Å². The van der Waals surface area contributed by atoms with Gasteiger partial charge >= 0.3 is 11.9 Å². The molecular formula is C17H21NO7S. The molecule has 0 spiro atoms. The molecule has 26 heavy (non-hydrogen) atoms. The van der Waals surface area contributed by atoms with E-state index in [4.69, 9.17) is 14.2 Å². The average molecular weight is 383 g/mol. The van der Waals surface area contributed by atoms with Crippen molar-refractivity contribution in [2.24, 2.45) is 0 Å². The van der Waals surface area contributed by atoms with E-state index in [0.29, 0.717) is 0 Å². The van der Waals surface area contributed by atoms with Crippen LogP contribution in [-0.2, 0) is 33.8 Å². The van der Waals surface area contributed by atoms with Crippen molar-refractivity contribution in [2.75, 3.05) is 6.61 Å². The lowest BCUT2D eigenvalue weighted by Crippen LogP contribution is -2.47. The van der Waals surface area contributed by atoms with Crippen molar-refractivity contribution in [1.82, 2.24) is 4.72 Å². The van der Waals surface area contributed by atoms with Gasteiger partial charge in [0.05, 0.1) is 4.90 Å². The molecule has 1 aromatic rings. The molecule has 142 valence electrons. The molecule has 3 atom stereocenters. The van der Waals surface area contributed by atoms with Gasteiger partial charge in [0.15, 0.2) is 0 Å². The Morgan fingerprint density at radius 2 is 1.77 bits per heavy atom. The highest BCUT2D eigenvalue weighted by atomic mass is 32.2. The molecule has 0 saturated carbocycles. The SMILES string of the molecule is CC(=O)OC[C@H]1O[C@H](NS(=O)(=O)c2ccc(C)cc2)C=C[C@H]1OC(C)=O. The van der Waals surface area contributed by atoms with Gasteiger partial charge in [0.25, 0.3) is 0 Å². The van der Waals surface area contributed by atoms with Gasteiger partial charge in [-0.15, -0.1) is 0 Å². The lowest BCUT2D eigenvalue weighted by molar-refractivity contribution is -0.163. The predicted molar refractivity (Wildman–Crippen MR) is 91.5 cm³/mol. The third-order valence-electron chi connectivity index (χ3n) is 3.52. The number of nitrogens with one attached hydrogen (secondary N) is 1. The van der Waals surface area contributed by atoms with Crippen LogP contribution in [0, 0.1) is 6.92 Å². The van der Waals surface area contributed by atoms with Crippen LogP contribution in [0.25, 0.3) is 0 Å². The van der Waals surface area contributed by atoms with Crippen LogP contribution in [0.4, 0.5) is 0 Å². The first-order valence-corrected chi connectivity index (χ1v) is 9.39. The first-order valence-electron chi connectivity index (χ1n) is 7.91. The molecule has 1 aromatic carbocycles. The van der Waals surface area contributed by atoms with Gasteiger partial charge in [-0.2, -0.15) is 4.72 Å². The number of hydrogen-bond donors (Lipinski definition) is 1. The summed E-state index contributed by atoms with van der Waals surface area (Å²) >= 11 is 0. The first kappa shape index (κ1) is 20.1. The van der Waals surface area contributed by atoms with E-state index in [1.54, 1.807) is 12.1 Å². The highest BCUT2D eigenvalue weighted by Crippen LogP contribution is 2.18. The minimum absolute atomic E-state index is 0.0961. The zero-order chi connectivity index (χ0) is 19.3. The van der Waals surface area contributed by atoms with Gasteiger partial charge in [0.2, 0.25) is 10.0 Å². The summed E-state index contributed by atoms with van der Waals surface area (Å²) in [4.78, 5) is 22.3. The van der Waals surface area contributed by atoms with E-state index in [-0.39, 0.29) is 11.5 Å². The maximum Gasteiger partial charge on any atom is 0.303 e. The van der Waals surface area contributed by atoms with E-state index in [0.717, 1.165) is 5.56 Å². The number of carbonyl (C=O) groups excluding carboxylic acids is 2. The standard InChI is InChI=1S/C17H21NO7S/c1-11-4-6-14(7-5-11)26(21,22)18-17-9-8-15(24-13(3)20)16(25-17)10-23-12(2)19/h4-9,15-18H,10H2,1-3H3/t15-,16-,17+/m1/s1. The fraction of sp³-hybridized carbons (Fsp3) is 0.412. The van der Waals surface area contributed by atoms with Crippen molar-refractivity contribution in [3.63, 3.8) is 0 Å².